The monoisotopic (exact) mass is 684 g/mol. The van der Waals surface area contributed by atoms with Gasteiger partial charge in [-0.2, -0.15) is 0 Å². The highest BCUT2D eigenvalue weighted by Gasteiger charge is 2.46. The van der Waals surface area contributed by atoms with Gasteiger partial charge < -0.3 is 9.72 Å². The molecule has 11 heteroatoms. The molecule has 0 spiro atoms. The number of rotatable bonds is 8. The van der Waals surface area contributed by atoms with Crippen molar-refractivity contribution < 1.29 is 23.9 Å². The van der Waals surface area contributed by atoms with Crippen LogP contribution in [0.2, 0.25) is 0 Å². The van der Waals surface area contributed by atoms with E-state index in [1.807, 2.05) is 12.1 Å². The average molecular weight is 685 g/mol. The van der Waals surface area contributed by atoms with Crippen LogP contribution in [0.1, 0.15) is 104 Å². The number of hydrogen-bond acceptors (Lipinski definition) is 9. The number of aromatic amines is 1. The number of imide groups is 1. The third-order valence-electron chi connectivity index (χ3n) is 9.53. The number of ether oxygens (including phenoxy) is 1. The Morgan fingerprint density at radius 3 is 2.24 bits per heavy atom. The molecule has 1 aliphatic heterocycles. The summed E-state index contributed by atoms with van der Waals surface area (Å²) in [6, 6.07) is 18.6. The number of thioether (sulfide) groups is 1. The fraction of sp³-hybridized carbons (Fsp3) is 0.256. The number of nitrogens with zero attached hydrogens (tertiary/aromatic N) is 3. The lowest BCUT2D eigenvalue weighted by Gasteiger charge is -2.21. The highest BCUT2D eigenvalue weighted by atomic mass is 32.2. The average Bonchev–Trinajstić information content (AvgIpc) is 3.80. The summed E-state index contributed by atoms with van der Waals surface area (Å²) in [5.74, 6) is -1.42. The van der Waals surface area contributed by atoms with Crippen molar-refractivity contribution in [3.63, 3.8) is 0 Å². The summed E-state index contributed by atoms with van der Waals surface area (Å²) < 4.78 is 5.73. The van der Waals surface area contributed by atoms with Crippen molar-refractivity contribution in [2.45, 2.75) is 56.3 Å². The second-order valence-corrected chi connectivity index (χ2v) is 14.4. The van der Waals surface area contributed by atoms with E-state index in [2.05, 4.69) is 34.9 Å². The molecule has 1 fully saturated rings. The third-order valence-corrected chi connectivity index (χ3v) is 11.0. The predicted octanol–water partition coefficient (Wildman–Crippen LogP) is 7.48. The molecule has 0 atom stereocenters. The number of pyridine rings is 1. The molecule has 1 N–H and O–H groups in total. The van der Waals surface area contributed by atoms with Gasteiger partial charge in [0.1, 0.15) is 17.5 Å². The topological polar surface area (TPSA) is 139 Å². The van der Waals surface area contributed by atoms with Gasteiger partial charge in [-0.05, 0) is 78.8 Å². The molecule has 250 valence electrons. The van der Waals surface area contributed by atoms with Crippen molar-refractivity contribution in [1.29, 1.82) is 0 Å². The molecule has 0 unspecified atom stereocenters. The Morgan fingerprint density at radius 1 is 0.860 bits per heavy atom. The molecular formula is C39H32N4O6S. The molecule has 2 aliphatic carbocycles. The number of H-pyrrole nitrogens is 1. The highest BCUT2D eigenvalue weighted by molar-refractivity contribution is 7.99. The third kappa shape index (κ3) is 5.42. The minimum Gasteiger partial charge on any atom is -0.439 e. The zero-order valence-corrected chi connectivity index (χ0v) is 28.2. The van der Waals surface area contributed by atoms with E-state index in [0.29, 0.717) is 29.2 Å². The second-order valence-electron chi connectivity index (χ2n) is 13.4. The number of carbonyl (C=O) groups excluding carboxylic acids is 4. The van der Waals surface area contributed by atoms with Gasteiger partial charge in [0.15, 0.2) is 11.6 Å². The summed E-state index contributed by atoms with van der Waals surface area (Å²) in [4.78, 5) is 81.9. The van der Waals surface area contributed by atoms with Crippen molar-refractivity contribution in [2.75, 3.05) is 10.7 Å². The summed E-state index contributed by atoms with van der Waals surface area (Å²) in [5, 5.41) is 0.204. The van der Waals surface area contributed by atoms with Crippen LogP contribution in [0.4, 0.5) is 5.69 Å². The quantitative estimate of drug-likeness (QED) is 0.100. The van der Waals surface area contributed by atoms with Crippen LogP contribution in [0.3, 0.4) is 0 Å². The largest absolute Gasteiger partial charge is 0.439 e. The first kappa shape index (κ1) is 31.8. The molecule has 2 amide bonds. The molecular weight excluding hydrogens is 653 g/mol. The molecule has 3 aromatic carbocycles. The van der Waals surface area contributed by atoms with E-state index in [1.54, 1.807) is 48.3 Å². The van der Waals surface area contributed by atoms with Crippen LogP contribution in [0.5, 0.6) is 11.6 Å². The number of carbonyl (C=O) groups is 4. The van der Waals surface area contributed by atoms with Gasteiger partial charge in [-0.1, -0.05) is 38.8 Å². The molecule has 0 saturated heterocycles. The van der Waals surface area contributed by atoms with Crippen LogP contribution in [-0.2, 0) is 0 Å². The molecule has 5 aromatic rings. The van der Waals surface area contributed by atoms with E-state index in [4.69, 9.17) is 4.74 Å². The maximum atomic E-state index is 13.9. The molecule has 0 bridgehead atoms. The number of anilines is 1. The number of aromatic nitrogens is 3. The van der Waals surface area contributed by atoms with E-state index >= 15 is 0 Å². The normalized spacial score (nSPS) is 16.3. The molecule has 10 nitrogen and oxygen atoms in total. The predicted molar refractivity (Wildman–Crippen MR) is 189 cm³/mol. The molecule has 50 heavy (non-hydrogen) atoms. The van der Waals surface area contributed by atoms with Crippen LogP contribution < -0.4 is 15.2 Å². The first-order valence-electron chi connectivity index (χ1n) is 16.7. The Balaban J connectivity index is 1.10. The lowest BCUT2D eigenvalue weighted by Crippen LogP contribution is -2.30. The zero-order chi connectivity index (χ0) is 34.7. The molecule has 3 aliphatic rings. The molecule has 8 rings (SSSR count). The van der Waals surface area contributed by atoms with Gasteiger partial charge in [0, 0.05) is 34.0 Å². The standard InChI is InChI=1S/C39H32N4O6S/c1-20(2)19-50-31-15-22(21-7-3-4-8-21)10-13-30(31)43-38(47)26-17-24-25(18-27(26)39(43)48)35(45)33(34(24)44)36-41-29-12-11-23(16-28(29)37(46)42-36)49-32-9-5-6-14-40-32/h5-6,9-18,20-21,33H,3-4,7-8,19H2,1-2H3,(H,41,42,46). The van der Waals surface area contributed by atoms with Crippen molar-refractivity contribution in [2.24, 2.45) is 5.92 Å². The van der Waals surface area contributed by atoms with E-state index in [1.165, 1.54) is 41.5 Å². The highest BCUT2D eigenvalue weighted by Crippen LogP contribution is 2.43. The smallest absolute Gasteiger partial charge is 0.266 e. The summed E-state index contributed by atoms with van der Waals surface area (Å²) in [6.07, 6.45) is 6.22. The number of benzene rings is 3. The number of nitrogens with one attached hydrogen (secondary N) is 1. The van der Waals surface area contributed by atoms with Gasteiger partial charge in [-0.3, -0.25) is 24.0 Å². The molecule has 2 aromatic heterocycles. The van der Waals surface area contributed by atoms with Crippen molar-refractivity contribution in [3.8, 4) is 11.6 Å². The number of hydrogen-bond donors (Lipinski definition) is 1. The zero-order valence-electron chi connectivity index (χ0n) is 27.4. The number of fused-ring (bicyclic) bond motifs is 3. The van der Waals surface area contributed by atoms with Gasteiger partial charge in [0.2, 0.25) is 5.88 Å². The van der Waals surface area contributed by atoms with E-state index < -0.39 is 34.9 Å². The summed E-state index contributed by atoms with van der Waals surface area (Å²) >= 11 is 1.62. The van der Waals surface area contributed by atoms with Crippen LogP contribution in [-0.4, -0.2) is 44.1 Å². The number of ketones is 2. The van der Waals surface area contributed by atoms with Crippen molar-refractivity contribution in [1.82, 2.24) is 15.0 Å². The molecule has 1 saturated carbocycles. The van der Waals surface area contributed by atoms with Gasteiger partial charge in [-0.25, -0.2) is 14.9 Å². The maximum Gasteiger partial charge on any atom is 0.266 e. The van der Waals surface area contributed by atoms with Gasteiger partial charge in [0.25, 0.3) is 17.4 Å². The summed E-state index contributed by atoms with van der Waals surface area (Å²) in [7, 11) is 0. The van der Waals surface area contributed by atoms with Gasteiger partial charge in [0.05, 0.1) is 27.7 Å². The SMILES string of the molecule is CC(C)CSc1cc(C2CCCC2)ccc1N1C(=O)c2cc3c(cc2C1=O)C(=O)C(c1nc2ccc(Oc4ccccn4)cc2c(=O)[nH]1)C3=O. The van der Waals surface area contributed by atoms with Crippen LogP contribution in [0, 0.1) is 5.92 Å². The number of Topliss-reactive ketones (excluding diaryl/α,β-unsaturated/α-hetero) is 2. The first-order valence-corrected chi connectivity index (χ1v) is 17.7. The van der Waals surface area contributed by atoms with Crippen LogP contribution in [0.15, 0.2) is 82.6 Å². The summed E-state index contributed by atoms with van der Waals surface area (Å²) in [5.41, 5.74) is 1.61. The molecule has 0 radical (unpaired) electrons. The van der Waals surface area contributed by atoms with E-state index in [-0.39, 0.29) is 39.0 Å². The van der Waals surface area contributed by atoms with Crippen molar-refractivity contribution in [3.05, 3.63) is 117 Å². The fourth-order valence-electron chi connectivity index (χ4n) is 7.06. The van der Waals surface area contributed by atoms with E-state index in [9.17, 15) is 24.0 Å². The second kappa shape index (κ2) is 12.5. The van der Waals surface area contributed by atoms with E-state index in [0.717, 1.165) is 23.5 Å². The first-order chi connectivity index (χ1) is 24.2. The maximum absolute atomic E-state index is 13.9. The Bertz CT molecular complexity index is 2260. The Labute approximate surface area is 291 Å². The number of amides is 2. The van der Waals surface area contributed by atoms with Gasteiger partial charge >= 0.3 is 0 Å². The fourth-order valence-corrected chi connectivity index (χ4v) is 8.10. The summed E-state index contributed by atoms with van der Waals surface area (Å²) in [6.45, 7) is 4.24. The Morgan fingerprint density at radius 2 is 1.58 bits per heavy atom. The van der Waals surface area contributed by atoms with Crippen molar-refractivity contribution >= 4 is 51.7 Å². The minimum atomic E-state index is -1.42. The van der Waals surface area contributed by atoms with Gasteiger partial charge in [-0.15, -0.1) is 11.8 Å². The van der Waals surface area contributed by atoms with Crippen LogP contribution in [0.25, 0.3) is 10.9 Å². The Hall–Kier alpha value is -5.42. The lowest BCUT2D eigenvalue weighted by atomic mass is 9.97. The minimum absolute atomic E-state index is 0.0228. The van der Waals surface area contributed by atoms with Crippen LogP contribution >= 0.6 is 11.8 Å². The Kier molecular flexibility index (Phi) is 7.94. The molecule has 3 heterocycles. The lowest BCUT2D eigenvalue weighted by molar-refractivity contribution is 0.0882.